The highest BCUT2D eigenvalue weighted by Gasteiger charge is 2.38. The number of carbonyl (C=O) groups is 3. The van der Waals surface area contributed by atoms with Crippen LogP contribution < -0.4 is 19.1 Å². The summed E-state index contributed by atoms with van der Waals surface area (Å²) < 4.78 is 54.3. The van der Waals surface area contributed by atoms with E-state index in [-0.39, 0.29) is 35.2 Å². The van der Waals surface area contributed by atoms with Crippen LogP contribution in [-0.4, -0.2) is 76.8 Å². The maximum Gasteiger partial charge on any atom is 0.326 e. The molecule has 3 saturated heterocycles. The van der Waals surface area contributed by atoms with Crippen LogP contribution >= 0.6 is 0 Å². The van der Waals surface area contributed by atoms with Crippen molar-refractivity contribution in [2.45, 2.75) is 50.7 Å². The molecule has 3 amide bonds. The van der Waals surface area contributed by atoms with Crippen LogP contribution in [0.15, 0.2) is 85.2 Å². The molecule has 298 valence electrons. The van der Waals surface area contributed by atoms with Gasteiger partial charge in [-0.2, -0.15) is 18.6 Å². The molecule has 1 atom stereocenters. The second-order valence-electron chi connectivity index (χ2n) is 15.2. The Labute approximate surface area is 333 Å². The Bertz CT molecular complexity index is 2710. The summed E-state index contributed by atoms with van der Waals surface area (Å²) in [7, 11) is -2.40. The molecule has 0 saturated carbocycles. The van der Waals surface area contributed by atoms with Crippen LogP contribution in [0.25, 0.3) is 32.8 Å². The Morgan fingerprint density at radius 2 is 1.69 bits per heavy atom. The minimum Gasteiger partial charge on any atom is -0.487 e. The van der Waals surface area contributed by atoms with Crippen LogP contribution in [0.4, 0.5) is 10.1 Å². The van der Waals surface area contributed by atoms with Gasteiger partial charge >= 0.3 is 10.2 Å². The van der Waals surface area contributed by atoms with E-state index in [1.54, 1.807) is 24.4 Å². The molecule has 3 fully saturated rings. The summed E-state index contributed by atoms with van der Waals surface area (Å²) in [6.07, 6.45) is 6.54. The zero-order chi connectivity index (χ0) is 40.1. The second kappa shape index (κ2) is 15.0. The number of rotatable bonds is 10. The number of aryl methyl sites for hydroxylation is 1. The molecule has 0 bridgehead atoms. The number of ether oxygens (including phenoxy) is 1. The summed E-state index contributed by atoms with van der Waals surface area (Å²) in [5.41, 5.74) is 5.12. The number of halogens is 1. The lowest BCUT2D eigenvalue weighted by molar-refractivity contribution is -0.134. The van der Waals surface area contributed by atoms with Crippen LogP contribution in [0, 0.1) is 5.82 Å². The summed E-state index contributed by atoms with van der Waals surface area (Å²) in [5, 5.41) is 13.4. The number of carbonyl (C=O) groups excluding carboxylic acids is 3. The largest absolute Gasteiger partial charge is 0.487 e. The van der Waals surface area contributed by atoms with Crippen molar-refractivity contribution in [3.63, 3.8) is 0 Å². The van der Waals surface area contributed by atoms with Gasteiger partial charge in [0.25, 0.3) is 5.91 Å². The van der Waals surface area contributed by atoms with E-state index in [1.165, 1.54) is 5.56 Å². The lowest BCUT2D eigenvalue weighted by atomic mass is 9.88. The number of piperidine rings is 2. The van der Waals surface area contributed by atoms with E-state index >= 15 is 4.39 Å². The third-order valence-electron chi connectivity index (χ3n) is 11.5. The number of aromatic nitrogens is 4. The molecule has 0 spiro atoms. The van der Waals surface area contributed by atoms with Gasteiger partial charge in [0.1, 0.15) is 24.6 Å². The molecule has 1 unspecified atom stereocenters. The molecule has 3 aliphatic heterocycles. The van der Waals surface area contributed by atoms with Crippen molar-refractivity contribution in [3.8, 4) is 16.9 Å². The first-order valence-corrected chi connectivity index (χ1v) is 20.8. The molecule has 14 nitrogen and oxygen atoms in total. The van der Waals surface area contributed by atoms with Crippen molar-refractivity contribution in [3.05, 3.63) is 108 Å². The normalized spacial score (nSPS) is 18.9. The van der Waals surface area contributed by atoms with Crippen molar-refractivity contribution in [2.24, 2.45) is 7.05 Å². The molecular weight excluding hydrogens is 764 g/mol. The number of benzene rings is 4. The Hall–Kier alpha value is -6.13. The average molecular weight is 805 g/mol. The number of likely N-dealkylation sites (tertiary alicyclic amines) is 1. The summed E-state index contributed by atoms with van der Waals surface area (Å²) in [6, 6.07) is 22.5. The Kier molecular flexibility index (Phi) is 9.68. The third kappa shape index (κ3) is 7.17. The molecule has 4 aromatic carbocycles. The van der Waals surface area contributed by atoms with Gasteiger partial charge in [-0.3, -0.25) is 29.1 Å². The Balaban J connectivity index is 0.865. The van der Waals surface area contributed by atoms with Crippen LogP contribution in [0.3, 0.4) is 0 Å². The number of amides is 3. The maximum absolute atomic E-state index is 16.3. The third-order valence-corrected chi connectivity index (χ3v) is 12.8. The topological polar surface area (TPSA) is 161 Å². The highest BCUT2D eigenvalue weighted by atomic mass is 32.2. The number of hydrogen-bond donors (Lipinski definition) is 2. The first-order chi connectivity index (χ1) is 28.0. The SMILES string of the molecule is Cn1nc(C2CCC(=O)NC2=O)c2ccc(C3CCN(CCn4cc(-c5ccc6c(F)c(N7CC(=O)NS7(=O)=O)c(OCc7ccccc7)cc6c5)cn4)CC3)cc21. The molecule has 58 heavy (non-hydrogen) atoms. The number of fused-ring (bicyclic) bond motifs is 2. The predicted octanol–water partition coefficient (Wildman–Crippen LogP) is 4.89. The van der Waals surface area contributed by atoms with Crippen molar-refractivity contribution in [2.75, 3.05) is 30.5 Å². The highest BCUT2D eigenvalue weighted by Crippen LogP contribution is 2.41. The van der Waals surface area contributed by atoms with Gasteiger partial charge in [-0.25, -0.2) is 13.4 Å². The van der Waals surface area contributed by atoms with Gasteiger partial charge in [-0.1, -0.05) is 54.6 Å². The fourth-order valence-corrected chi connectivity index (χ4v) is 9.53. The maximum atomic E-state index is 16.3. The standard InChI is InChI=1S/C42H41FN8O6S/c1-48-35-20-29(8-10-33(35)40(46-48)34-11-12-37(52)45-42(34)54)27-13-15-49(16-14-27)17-18-50-23-31(22-44-50)28-7-9-32-30(19-28)21-36(57-25-26-5-3-2-4-6-26)41(39(32)43)51-24-38(53)47-58(51,55)56/h2-10,19-23,27,34H,11-18,24-25H2,1H3,(H,47,53)(H,45,52,54). The molecule has 0 aliphatic carbocycles. The van der Waals surface area contributed by atoms with Crippen molar-refractivity contribution >= 4 is 55.3 Å². The fraction of sp³-hybridized carbons (Fsp3) is 0.310. The monoisotopic (exact) mass is 804 g/mol. The van der Waals surface area contributed by atoms with E-state index in [4.69, 9.17) is 9.84 Å². The Morgan fingerprint density at radius 3 is 2.45 bits per heavy atom. The van der Waals surface area contributed by atoms with E-state index in [0.717, 1.165) is 65.8 Å². The number of nitrogens with one attached hydrogen (secondary N) is 2. The number of nitrogens with zero attached hydrogens (tertiary/aromatic N) is 6. The quantitative estimate of drug-likeness (QED) is 0.184. The highest BCUT2D eigenvalue weighted by molar-refractivity contribution is 7.92. The van der Waals surface area contributed by atoms with Gasteiger partial charge < -0.3 is 9.64 Å². The van der Waals surface area contributed by atoms with E-state index < -0.39 is 34.4 Å². The van der Waals surface area contributed by atoms with Crippen LogP contribution in [0.5, 0.6) is 5.75 Å². The molecule has 2 N–H and O–H groups in total. The van der Waals surface area contributed by atoms with Gasteiger partial charge in [-0.15, -0.1) is 0 Å². The first-order valence-electron chi connectivity index (χ1n) is 19.3. The molecule has 16 heteroatoms. The smallest absolute Gasteiger partial charge is 0.326 e. The van der Waals surface area contributed by atoms with Crippen molar-refractivity contribution < 1.29 is 31.9 Å². The molecule has 6 aromatic rings. The van der Waals surface area contributed by atoms with Gasteiger partial charge in [0.05, 0.1) is 29.9 Å². The van der Waals surface area contributed by atoms with Crippen molar-refractivity contribution in [1.29, 1.82) is 0 Å². The molecule has 0 radical (unpaired) electrons. The Morgan fingerprint density at radius 1 is 0.897 bits per heavy atom. The van der Waals surface area contributed by atoms with E-state index in [0.29, 0.717) is 35.0 Å². The van der Waals surface area contributed by atoms with E-state index in [1.807, 2.05) is 63.7 Å². The average Bonchev–Trinajstić information content (AvgIpc) is 3.90. The number of anilines is 1. The molecule has 9 rings (SSSR count). The molecule has 5 heterocycles. The van der Waals surface area contributed by atoms with Crippen molar-refractivity contribution in [1.82, 2.24) is 34.5 Å². The fourth-order valence-electron chi connectivity index (χ4n) is 8.37. The van der Waals surface area contributed by atoms with Crippen LogP contribution in [0.1, 0.15) is 54.3 Å². The summed E-state index contributed by atoms with van der Waals surface area (Å²) in [5.74, 6) is -2.09. The number of imide groups is 1. The van der Waals surface area contributed by atoms with Crippen LogP contribution in [0.2, 0.25) is 0 Å². The van der Waals surface area contributed by atoms with E-state index in [2.05, 4.69) is 33.5 Å². The van der Waals surface area contributed by atoms with Gasteiger partial charge in [0.15, 0.2) is 5.82 Å². The van der Waals surface area contributed by atoms with Gasteiger partial charge in [0, 0.05) is 42.5 Å². The summed E-state index contributed by atoms with van der Waals surface area (Å²) in [4.78, 5) is 38.8. The van der Waals surface area contributed by atoms with Gasteiger partial charge in [-0.05, 0) is 78.5 Å². The van der Waals surface area contributed by atoms with E-state index in [9.17, 15) is 22.8 Å². The van der Waals surface area contributed by atoms with Gasteiger partial charge in [0.2, 0.25) is 11.8 Å². The summed E-state index contributed by atoms with van der Waals surface area (Å²) >= 11 is 0. The molecule has 3 aliphatic rings. The zero-order valence-corrected chi connectivity index (χ0v) is 32.5. The second-order valence-corrected chi connectivity index (χ2v) is 16.8. The summed E-state index contributed by atoms with van der Waals surface area (Å²) in [6.45, 7) is 2.91. The van der Waals surface area contributed by atoms with Crippen LogP contribution in [-0.2, 0) is 44.8 Å². The minimum absolute atomic E-state index is 0.00184. The lowest BCUT2D eigenvalue weighted by Crippen LogP contribution is -2.39. The lowest BCUT2D eigenvalue weighted by Gasteiger charge is -2.32. The minimum atomic E-state index is -4.30. The number of hydrogen-bond acceptors (Lipinski definition) is 9. The zero-order valence-electron chi connectivity index (χ0n) is 31.7. The first kappa shape index (κ1) is 37.4. The predicted molar refractivity (Wildman–Crippen MR) is 215 cm³/mol. The molecular formula is C42H41FN8O6S. The molecule has 2 aromatic heterocycles.